The van der Waals surface area contributed by atoms with E-state index in [9.17, 15) is 4.79 Å². The molecule has 0 saturated carbocycles. The van der Waals surface area contributed by atoms with Crippen molar-refractivity contribution in [2.24, 2.45) is 0 Å². The van der Waals surface area contributed by atoms with Gasteiger partial charge in [0.25, 0.3) is 0 Å². The van der Waals surface area contributed by atoms with Crippen molar-refractivity contribution in [1.82, 2.24) is 9.97 Å². The summed E-state index contributed by atoms with van der Waals surface area (Å²) in [5, 5.41) is 0. The molecule has 2 saturated heterocycles. The molecule has 0 radical (unpaired) electrons. The van der Waals surface area contributed by atoms with E-state index in [0.29, 0.717) is 19.6 Å². The topological polar surface area (TPSA) is 77.0 Å². The number of carbonyl (C=O) groups is 1. The molecule has 0 amide bonds. The molecule has 4 rings (SSSR count). The maximum Gasteiger partial charge on any atom is 0.306 e. The Labute approximate surface area is 183 Å². The maximum absolute atomic E-state index is 11.5. The van der Waals surface area contributed by atoms with Gasteiger partial charge in [0.2, 0.25) is 5.95 Å². The van der Waals surface area contributed by atoms with E-state index < -0.39 is 0 Å². The molecule has 3 heterocycles. The lowest BCUT2D eigenvalue weighted by Gasteiger charge is -2.27. The molecule has 0 bridgehead atoms. The normalized spacial score (nSPS) is 19.9. The fourth-order valence-corrected chi connectivity index (χ4v) is 3.98. The summed E-state index contributed by atoms with van der Waals surface area (Å²) in [6.07, 6.45) is 3.26. The highest BCUT2D eigenvalue weighted by atomic mass is 16.5. The third-order valence-corrected chi connectivity index (χ3v) is 5.84. The number of anilines is 2. The fraction of sp³-hybridized carbons (Fsp3) is 0.522. The zero-order chi connectivity index (χ0) is 21.6. The molecule has 0 N–H and O–H groups in total. The van der Waals surface area contributed by atoms with Crippen LogP contribution in [0.5, 0.6) is 5.75 Å². The first kappa shape index (κ1) is 21.4. The number of morpholine rings is 1. The predicted octanol–water partition coefficient (Wildman–Crippen LogP) is 2.64. The first-order valence-corrected chi connectivity index (χ1v) is 10.9. The van der Waals surface area contributed by atoms with Gasteiger partial charge in [0.15, 0.2) is 0 Å². The van der Waals surface area contributed by atoms with Crippen molar-refractivity contribution in [3.63, 3.8) is 0 Å². The minimum atomic E-state index is -0.194. The highest BCUT2D eigenvalue weighted by molar-refractivity contribution is 5.70. The number of benzene rings is 1. The molecule has 1 unspecified atom stereocenters. The van der Waals surface area contributed by atoms with Crippen LogP contribution in [0.15, 0.2) is 36.5 Å². The van der Waals surface area contributed by atoms with Crippen LogP contribution in [0.4, 0.5) is 11.8 Å². The van der Waals surface area contributed by atoms with Gasteiger partial charge in [0.05, 0.1) is 33.3 Å². The Morgan fingerprint density at radius 1 is 1.16 bits per heavy atom. The summed E-state index contributed by atoms with van der Waals surface area (Å²) < 4.78 is 16.4. The standard InChI is InChI=1S/C23H30N4O4/c1-17(15-22(28)29-2)18-3-5-19(6-4-18)31-20-8-10-27(16-20)21-7-9-24-23(25-21)26-11-13-30-14-12-26/h3-7,9,17,20H,8,10-16H2,1-2H3/t17-,20?/m1/s1. The number of hydrogen-bond acceptors (Lipinski definition) is 8. The average Bonchev–Trinajstić information content (AvgIpc) is 3.28. The van der Waals surface area contributed by atoms with E-state index in [2.05, 4.69) is 14.8 Å². The van der Waals surface area contributed by atoms with Crippen LogP contribution in [0.25, 0.3) is 0 Å². The van der Waals surface area contributed by atoms with Gasteiger partial charge in [-0.3, -0.25) is 4.79 Å². The molecule has 8 nitrogen and oxygen atoms in total. The van der Waals surface area contributed by atoms with E-state index in [1.807, 2.05) is 43.5 Å². The first-order chi connectivity index (χ1) is 15.1. The number of ether oxygens (including phenoxy) is 3. The third kappa shape index (κ3) is 5.44. The lowest BCUT2D eigenvalue weighted by molar-refractivity contribution is -0.140. The molecular weight excluding hydrogens is 396 g/mol. The van der Waals surface area contributed by atoms with Crippen LogP contribution in [-0.4, -0.2) is 68.5 Å². The van der Waals surface area contributed by atoms with Gasteiger partial charge in [-0.05, 0) is 29.7 Å². The van der Waals surface area contributed by atoms with E-state index in [1.54, 1.807) is 0 Å². The zero-order valence-corrected chi connectivity index (χ0v) is 18.2. The minimum Gasteiger partial charge on any atom is -0.489 e. The van der Waals surface area contributed by atoms with Crippen LogP contribution in [-0.2, 0) is 14.3 Å². The second kappa shape index (κ2) is 9.96. The van der Waals surface area contributed by atoms with Crippen molar-refractivity contribution in [2.75, 3.05) is 56.3 Å². The lowest BCUT2D eigenvalue weighted by Crippen LogP contribution is -2.37. The van der Waals surface area contributed by atoms with Crippen LogP contribution in [0.3, 0.4) is 0 Å². The number of rotatable bonds is 7. The Balaban J connectivity index is 1.33. The number of carbonyl (C=O) groups excluding carboxylic acids is 1. The predicted molar refractivity (Wildman–Crippen MR) is 118 cm³/mol. The Morgan fingerprint density at radius 3 is 2.68 bits per heavy atom. The van der Waals surface area contributed by atoms with Gasteiger partial charge in [-0.25, -0.2) is 4.98 Å². The van der Waals surface area contributed by atoms with E-state index in [-0.39, 0.29) is 18.0 Å². The molecule has 31 heavy (non-hydrogen) atoms. The maximum atomic E-state index is 11.5. The molecule has 1 aromatic carbocycles. The van der Waals surface area contributed by atoms with E-state index in [4.69, 9.17) is 19.2 Å². The van der Waals surface area contributed by atoms with Gasteiger partial charge in [-0.15, -0.1) is 0 Å². The molecule has 2 aliphatic heterocycles. The third-order valence-electron chi connectivity index (χ3n) is 5.84. The highest BCUT2D eigenvalue weighted by Crippen LogP contribution is 2.26. The van der Waals surface area contributed by atoms with Crippen molar-refractivity contribution in [3.05, 3.63) is 42.1 Å². The van der Waals surface area contributed by atoms with E-state index >= 15 is 0 Å². The lowest BCUT2D eigenvalue weighted by atomic mass is 9.98. The van der Waals surface area contributed by atoms with Crippen molar-refractivity contribution in [2.45, 2.75) is 31.8 Å². The quantitative estimate of drug-likeness (QED) is 0.626. The number of hydrogen-bond donors (Lipinski definition) is 0. The summed E-state index contributed by atoms with van der Waals surface area (Å²) in [5.41, 5.74) is 1.10. The molecule has 2 aliphatic rings. The molecule has 0 spiro atoms. The SMILES string of the molecule is COC(=O)C[C@@H](C)c1ccc(OC2CCN(c3ccnc(N4CCOCC4)n3)C2)cc1. The molecular formula is C23H30N4O4. The van der Waals surface area contributed by atoms with Crippen molar-refractivity contribution >= 4 is 17.7 Å². The van der Waals surface area contributed by atoms with Gasteiger partial charge in [-0.1, -0.05) is 19.1 Å². The molecule has 8 heteroatoms. The van der Waals surface area contributed by atoms with Crippen LogP contribution >= 0.6 is 0 Å². The minimum absolute atomic E-state index is 0.111. The summed E-state index contributed by atoms with van der Waals surface area (Å²) >= 11 is 0. The monoisotopic (exact) mass is 426 g/mol. The van der Waals surface area contributed by atoms with Gasteiger partial charge in [-0.2, -0.15) is 4.98 Å². The molecule has 166 valence electrons. The summed E-state index contributed by atoms with van der Waals surface area (Å²) in [6.45, 7) is 6.79. The van der Waals surface area contributed by atoms with Gasteiger partial charge < -0.3 is 24.0 Å². The average molecular weight is 427 g/mol. The van der Waals surface area contributed by atoms with Gasteiger partial charge >= 0.3 is 5.97 Å². The van der Waals surface area contributed by atoms with Crippen molar-refractivity contribution < 1.29 is 19.0 Å². The second-order valence-corrected chi connectivity index (χ2v) is 8.04. The zero-order valence-electron chi connectivity index (χ0n) is 18.2. The first-order valence-electron chi connectivity index (χ1n) is 10.9. The number of aromatic nitrogens is 2. The Bertz CT molecular complexity index is 870. The fourth-order valence-electron chi connectivity index (χ4n) is 3.98. The summed E-state index contributed by atoms with van der Waals surface area (Å²) in [6, 6.07) is 9.97. The van der Waals surface area contributed by atoms with Gasteiger partial charge in [0.1, 0.15) is 17.7 Å². The summed E-state index contributed by atoms with van der Waals surface area (Å²) in [7, 11) is 1.42. The summed E-state index contributed by atoms with van der Waals surface area (Å²) in [4.78, 5) is 25.1. The summed E-state index contributed by atoms with van der Waals surface area (Å²) in [5.74, 6) is 2.47. The number of esters is 1. The molecule has 2 fully saturated rings. The van der Waals surface area contributed by atoms with Crippen LogP contribution in [0, 0.1) is 0 Å². The van der Waals surface area contributed by atoms with Crippen molar-refractivity contribution in [1.29, 1.82) is 0 Å². The van der Waals surface area contributed by atoms with E-state index in [1.165, 1.54) is 7.11 Å². The molecule has 0 aliphatic carbocycles. The van der Waals surface area contributed by atoms with Crippen LogP contribution in [0.1, 0.15) is 31.2 Å². The van der Waals surface area contributed by atoms with E-state index in [0.717, 1.165) is 55.7 Å². The number of nitrogens with zero attached hydrogens (tertiary/aromatic N) is 4. The van der Waals surface area contributed by atoms with Crippen LogP contribution in [0.2, 0.25) is 0 Å². The molecule has 1 aromatic heterocycles. The Morgan fingerprint density at radius 2 is 1.94 bits per heavy atom. The Hall–Kier alpha value is -2.87. The van der Waals surface area contributed by atoms with Crippen molar-refractivity contribution in [3.8, 4) is 5.75 Å². The second-order valence-electron chi connectivity index (χ2n) is 8.04. The number of methoxy groups -OCH3 is 1. The van der Waals surface area contributed by atoms with Gasteiger partial charge in [0, 0.05) is 32.3 Å². The highest BCUT2D eigenvalue weighted by Gasteiger charge is 2.26. The largest absolute Gasteiger partial charge is 0.489 e. The molecule has 2 atom stereocenters. The smallest absolute Gasteiger partial charge is 0.306 e. The molecule has 2 aromatic rings. The Kier molecular flexibility index (Phi) is 6.86. The van der Waals surface area contributed by atoms with Crippen LogP contribution < -0.4 is 14.5 Å².